The van der Waals surface area contributed by atoms with Gasteiger partial charge in [0.05, 0.1) is 27.8 Å². The Morgan fingerprint density at radius 1 is 0.690 bits per heavy atom. The number of benzene rings is 3. The molecule has 0 spiro atoms. The number of anilines is 6. The van der Waals surface area contributed by atoms with Gasteiger partial charge in [0.15, 0.2) is 0 Å². The number of nitrogens with zero attached hydrogens (tertiary/aromatic N) is 4. The number of nitro groups is 2. The van der Waals surface area contributed by atoms with Crippen LogP contribution in [0.3, 0.4) is 0 Å². The van der Waals surface area contributed by atoms with Gasteiger partial charge in [0.25, 0.3) is 11.4 Å². The van der Waals surface area contributed by atoms with Crippen LogP contribution in [0.2, 0.25) is 0 Å². The van der Waals surface area contributed by atoms with Crippen molar-refractivity contribution in [3.05, 3.63) is 79.1 Å². The summed E-state index contributed by atoms with van der Waals surface area (Å²) in [5.74, 6) is -0.530. The lowest BCUT2D eigenvalue weighted by Crippen LogP contribution is -2.20. The van der Waals surface area contributed by atoms with Crippen molar-refractivity contribution in [2.24, 2.45) is 0 Å². The first-order valence-corrected chi connectivity index (χ1v) is 20.5. The van der Waals surface area contributed by atoms with Crippen molar-refractivity contribution in [2.45, 2.75) is 108 Å². The van der Waals surface area contributed by atoms with Gasteiger partial charge in [0.1, 0.15) is 17.2 Å². The number of hydrogen-bond donors (Lipinski definition) is 5. The van der Waals surface area contributed by atoms with Crippen molar-refractivity contribution in [3.8, 4) is 0 Å². The molecule has 15 nitrogen and oxygen atoms in total. The van der Waals surface area contributed by atoms with Gasteiger partial charge in [-0.3, -0.25) is 25.5 Å². The Morgan fingerprint density at radius 3 is 1.48 bits per heavy atom. The zero-order chi connectivity index (χ0) is 44.4. The van der Waals surface area contributed by atoms with Gasteiger partial charge >= 0.3 is 6.09 Å². The summed E-state index contributed by atoms with van der Waals surface area (Å²) in [7, 11) is 0. The van der Waals surface area contributed by atoms with Gasteiger partial charge in [-0.15, -0.1) is 0 Å². The molecule has 0 aromatic heterocycles. The van der Waals surface area contributed by atoms with E-state index < -0.39 is 21.8 Å². The Labute approximate surface area is 345 Å². The van der Waals surface area contributed by atoms with E-state index in [1.54, 1.807) is 13.0 Å². The molecular formula is C42H70FN9O6. The quantitative estimate of drug-likeness (QED) is 0.0891. The summed E-state index contributed by atoms with van der Waals surface area (Å²) < 4.78 is 17.6. The van der Waals surface area contributed by atoms with E-state index in [9.17, 15) is 29.4 Å². The summed E-state index contributed by atoms with van der Waals surface area (Å²) in [4.78, 5) is 35.9. The van der Waals surface area contributed by atoms with Gasteiger partial charge in [-0.2, -0.15) is 0 Å². The number of halogens is 1. The molecule has 3 fully saturated rings. The van der Waals surface area contributed by atoms with E-state index in [-0.39, 0.29) is 28.3 Å². The molecule has 0 bridgehead atoms. The monoisotopic (exact) mass is 816 g/mol. The molecular weight excluding hydrogens is 746 g/mol. The van der Waals surface area contributed by atoms with E-state index in [0.29, 0.717) is 18.0 Å². The highest BCUT2D eigenvalue weighted by Crippen LogP contribution is 2.35. The minimum atomic E-state index is -0.637. The van der Waals surface area contributed by atoms with Crippen molar-refractivity contribution in [1.29, 1.82) is 0 Å². The molecule has 3 aliphatic heterocycles. The molecule has 3 heterocycles. The van der Waals surface area contributed by atoms with E-state index in [2.05, 4.69) is 20.4 Å². The lowest BCUT2D eigenvalue weighted by molar-refractivity contribution is -0.384. The van der Waals surface area contributed by atoms with Crippen LogP contribution in [0.25, 0.3) is 0 Å². The number of carbonyl (C=O) groups is 1. The number of nitro benzene ring substituents is 2. The fraction of sp³-hybridized carbons (Fsp3) is 0.548. The standard InChI is InChI=1S/C14H21N3O2.C11H15N3O2.C7H7FN2O2.C4H9N.3C2H6/c1-3-19-14(18)16-11-6-7-12(10(2)13(11)15)17-8-4-5-9-17;1-8-9(13-6-2-3-7-13)4-5-10(11(8)12)14(15)16;1-4-5(8)2-3-6(7(4)9)10(11)12;1-2-4-5-3-1;3*1-2/h6-7H,3-5,8-9,15H2,1-2H3,(H,16,18);4-5H,2-3,6-7,12H2,1H3;2-3H,9H2,1H3;5H,1-4H2;3*1-2H3. The molecule has 326 valence electrons. The summed E-state index contributed by atoms with van der Waals surface area (Å²) in [5, 5.41) is 26.9. The highest BCUT2D eigenvalue weighted by atomic mass is 19.1. The van der Waals surface area contributed by atoms with Gasteiger partial charge in [0, 0.05) is 60.8 Å². The molecule has 0 atom stereocenters. The van der Waals surface area contributed by atoms with Crippen LogP contribution in [0.1, 0.15) is 104 Å². The summed E-state index contributed by atoms with van der Waals surface area (Å²) in [6, 6.07) is 9.23. The van der Waals surface area contributed by atoms with Crippen LogP contribution in [-0.4, -0.2) is 61.8 Å². The summed E-state index contributed by atoms with van der Waals surface area (Å²) in [6.45, 7) is 26.0. The predicted molar refractivity (Wildman–Crippen MR) is 240 cm³/mol. The molecule has 0 radical (unpaired) electrons. The maximum atomic E-state index is 12.7. The third-order valence-electron chi connectivity index (χ3n) is 9.13. The van der Waals surface area contributed by atoms with Crippen LogP contribution < -0.4 is 37.6 Å². The van der Waals surface area contributed by atoms with Gasteiger partial charge < -0.3 is 37.1 Å². The molecule has 0 aliphatic carbocycles. The van der Waals surface area contributed by atoms with Gasteiger partial charge in [0.2, 0.25) is 0 Å². The first-order chi connectivity index (χ1) is 27.8. The van der Waals surface area contributed by atoms with E-state index in [1.807, 2.05) is 67.5 Å². The van der Waals surface area contributed by atoms with E-state index in [4.69, 9.17) is 21.9 Å². The third-order valence-corrected chi connectivity index (χ3v) is 9.13. The van der Waals surface area contributed by atoms with E-state index >= 15 is 0 Å². The fourth-order valence-electron chi connectivity index (χ4n) is 6.04. The van der Waals surface area contributed by atoms with Gasteiger partial charge in [-0.25, -0.2) is 9.18 Å². The predicted octanol–water partition coefficient (Wildman–Crippen LogP) is 9.90. The van der Waals surface area contributed by atoms with Crippen LogP contribution in [0, 0.1) is 46.8 Å². The molecule has 3 saturated heterocycles. The second-order valence-electron chi connectivity index (χ2n) is 12.6. The molecule has 16 heteroatoms. The maximum Gasteiger partial charge on any atom is 0.411 e. The maximum absolute atomic E-state index is 12.7. The summed E-state index contributed by atoms with van der Waals surface area (Å²) in [6.07, 6.45) is 7.11. The lowest BCUT2D eigenvalue weighted by atomic mass is 10.1. The number of nitrogens with one attached hydrogen (secondary N) is 2. The Kier molecular flexibility index (Phi) is 26.2. The second kappa shape index (κ2) is 28.9. The van der Waals surface area contributed by atoms with Crippen LogP contribution in [0.4, 0.5) is 54.7 Å². The molecule has 8 N–H and O–H groups in total. The van der Waals surface area contributed by atoms with Crippen LogP contribution in [0.15, 0.2) is 36.4 Å². The lowest BCUT2D eigenvalue weighted by Gasteiger charge is -2.22. The smallest absolute Gasteiger partial charge is 0.411 e. The first kappa shape index (κ1) is 52.6. The largest absolute Gasteiger partial charge is 0.450 e. The first-order valence-electron chi connectivity index (χ1n) is 20.5. The third kappa shape index (κ3) is 16.2. The summed E-state index contributed by atoms with van der Waals surface area (Å²) in [5.41, 5.74) is 22.5. The molecule has 6 rings (SSSR count). The van der Waals surface area contributed by atoms with E-state index in [0.717, 1.165) is 60.8 Å². The molecule has 0 saturated carbocycles. The molecule has 1 amide bonds. The van der Waals surface area contributed by atoms with Gasteiger partial charge in [-0.1, -0.05) is 41.5 Å². The number of rotatable bonds is 6. The average molecular weight is 816 g/mol. The molecule has 3 aromatic carbocycles. The molecule has 3 aromatic rings. The highest BCUT2D eigenvalue weighted by Gasteiger charge is 2.21. The van der Waals surface area contributed by atoms with Crippen molar-refractivity contribution >= 4 is 51.6 Å². The van der Waals surface area contributed by atoms with E-state index in [1.165, 1.54) is 64.6 Å². The number of nitrogens with two attached hydrogens (primary N) is 3. The summed E-state index contributed by atoms with van der Waals surface area (Å²) >= 11 is 0. The molecule has 3 aliphatic rings. The molecule has 58 heavy (non-hydrogen) atoms. The number of nitrogen functional groups attached to an aromatic ring is 3. The van der Waals surface area contributed by atoms with Gasteiger partial charge in [-0.05, 0) is 109 Å². The zero-order valence-corrected chi connectivity index (χ0v) is 36.5. The van der Waals surface area contributed by atoms with Crippen LogP contribution in [0.5, 0.6) is 0 Å². The van der Waals surface area contributed by atoms with Crippen LogP contribution >= 0.6 is 0 Å². The number of hydrogen-bond acceptors (Lipinski definition) is 12. The average Bonchev–Trinajstić information content (AvgIpc) is 4.07. The second-order valence-corrected chi connectivity index (χ2v) is 12.6. The molecule has 0 unspecified atom stereocenters. The Hall–Kier alpha value is -5.38. The zero-order valence-electron chi connectivity index (χ0n) is 36.5. The SMILES string of the molecule is C1CCNC1.CC.CC.CC.CCOC(=O)Nc1ccc(N2CCCC2)c(C)c1N.Cc1c(F)ccc([N+](=O)[O-])c1N.Cc1c(N2CCCC2)ccc([N+](=O)[O-])c1N. The number of carbonyl (C=O) groups excluding carboxylic acids is 1. The number of ether oxygens (including phenoxy) is 1. The minimum Gasteiger partial charge on any atom is -0.450 e. The normalized spacial score (nSPS) is 13.4. The topological polar surface area (TPSA) is 221 Å². The Morgan fingerprint density at radius 2 is 1.09 bits per heavy atom. The highest BCUT2D eigenvalue weighted by molar-refractivity contribution is 5.91. The van der Waals surface area contributed by atoms with Crippen molar-refractivity contribution < 1.29 is 23.8 Å². The van der Waals surface area contributed by atoms with Crippen molar-refractivity contribution in [3.63, 3.8) is 0 Å². The van der Waals surface area contributed by atoms with Crippen LogP contribution in [-0.2, 0) is 4.74 Å². The minimum absolute atomic E-state index is 0.000414. The fourth-order valence-corrected chi connectivity index (χ4v) is 6.04. The Balaban J connectivity index is 0.000000756. The van der Waals surface area contributed by atoms with Crippen molar-refractivity contribution in [1.82, 2.24) is 5.32 Å². The van der Waals surface area contributed by atoms with Crippen molar-refractivity contribution in [2.75, 3.05) is 78.2 Å². The number of amides is 1. The Bertz CT molecular complexity index is 1690.